The average molecular weight is 267 g/mol. The lowest BCUT2D eigenvalue weighted by atomic mass is 10.1. The van der Waals surface area contributed by atoms with Crippen LogP contribution in [0.4, 0.5) is 13.2 Å². The summed E-state index contributed by atoms with van der Waals surface area (Å²) in [5, 5.41) is 2.55. The molecule has 0 aliphatic carbocycles. The van der Waals surface area contributed by atoms with Crippen LogP contribution in [0, 0.1) is 17.5 Å². The molecule has 0 aromatic heterocycles. The molecule has 17 heavy (non-hydrogen) atoms. The van der Waals surface area contributed by atoms with Crippen LogP contribution in [0.15, 0.2) is 12.1 Å². The van der Waals surface area contributed by atoms with Crippen molar-refractivity contribution in [2.24, 2.45) is 0 Å². The monoisotopic (exact) mass is 267 g/mol. The average Bonchev–Trinajstić information content (AvgIpc) is 2.19. The zero-order valence-corrected chi connectivity index (χ0v) is 10.1. The number of hydrogen-bond acceptors (Lipinski definition) is 3. The largest absolute Gasteiger partial charge is 0.312 e. The summed E-state index contributed by atoms with van der Waals surface area (Å²) < 4.78 is 61.3. The first-order chi connectivity index (χ1) is 7.74. The molecule has 0 saturated carbocycles. The molecular weight excluding hydrogens is 255 g/mol. The van der Waals surface area contributed by atoms with Gasteiger partial charge in [0.05, 0.1) is 5.75 Å². The Morgan fingerprint density at radius 2 is 1.71 bits per heavy atom. The Bertz CT molecular complexity index is 517. The second-order valence-electron chi connectivity index (χ2n) is 3.72. The Hall–Kier alpha value is -1.08. The van der Waals surface area contributed by atoms with Crippen molar-refractivity contribution in [2.75, 3.05) is 19.1 Å². The third-order valence-corrected chi connectivity index (χ3v) is 3.17. The predicted molar refractivity (Wildman–Crippen MR) is 57.8 cm³/mol. The van der Waals surface area contributed by atoms with Crippen LogP contribution in [0.1, 0.15) is 11.6 Å². The summed E-state index contributed by atoms with van der Waals surface area (Å²) in [6.07, 6.45) is 0.981. The van der Waals surface area contributed by atoms with Crippen LogP contribution < -0.4 is 5.32 Å². The van der Waals surface area contributed by atoms with Crippen LogP contribution >= 0.6 is 0 Å². The van der Waals surface area contributed by atoms with Crippen LogP contribution in [-0.4, -0.2) is 27.5 Å². The zero-order chi connectivity index (χ0) is 13.2. The fourth-order valence-electron chi connectivity index (χ4n) is 1.44. The molecule has 0 fully saturated rings. The molecule has 1 N–H and O–H groups in total. The molecule has 7 heteroatoms. The first-order valence-corrected chi connectivity index (χ1v) is 6.80. The van der Waals surface area contributed by atoms with Crippen molar-refractivity contribution in [1.82, 2.24) is 5.32 Å². The van der Waals surface area contributed by atoms with E-state index in [0.29, 0.717) is 12.1 Å². The fourth-order valence-corrected chi connectivity index (χ4v) is 2.39. The Morgan fingerprint density at radius 1 is 1.18 bits per heavy atom. The van der Waals surface area contributed by atoms with Crippen LogP contribution in [0.3, 0.4) is 0 Å². The van der Waals surface area contributed by atoms with Crippen LogP contribution in [-0.2, 0) is 9.84 Å². The number of hydrogen-bond donors (Lipinski definition) is 1. The molecule has 0 heterocycles. The molecular formula is C10H12F3NO2S. The van der Waals surface area contributed by atoms with E-state index in [-0.39, 0.29) is 5.56 Å². The van der Waals surface area contributed by atoms with Gasteiger partial charge < -0.3 is 5.32 Å². The molecule has 0 aliphatic rings. The molecule has 0 radical (unpaired) electrons. The molecule has 3 nitrogen and oxygen atoms in total. The standard InChI is InChI=1S/C10H12F3NO2S/c1-14-10(5-17(2,15)16)6-3-8(12)9(13)4-7(6)11/h3-4,10,14H,5H2,1-2H3. The smallest absolute Gasteiger partial charge is 0.161 e. The van der Waals surface area contributed by atoms with E-state index in [0.717, 1.165) is 6.26 Å². The van der Waals surface area contributed by atoms with Crippen molar-refractivity contribution in [2.45, 2.75) is 6.04 Å². The van der Waals surface area contributed by atoms with Gasteiger partial charge in [-0.2, -0.15) is 0 Å². The number of benzene rings is 1. The Kier molecular flexibility index (Phi) is 4.16. The van der Waals surface area contributed by atoms with Gasteiger partial charge in [-0.25, -0.2) is 21.6 Å². The summed E-state index contributed by atoms with van der Waals surface area (Å²) in [5.74, 6) is -3.90. The van der Waals surface area contributed by atoms with Gasteiger partial charge in [-0.3, -0.25) is 0 Å². The zero-order valence-electron chi connectivity index (χ0n) is 9.30. The number of rotatable bonds is 4. The molecule has 0 bridgehead atoms. The molecule has 1 unspecified atom stereocenters. The number of sulfone groups is 1. The third kappa shape index (κ3) is 3.71. The normalized spacial score (nSPS) is 13.7. The third-order valence-electron chi connectivity index (χ3n) is 2.23. The first kappa shape index (κ1) is 14.0. The Labute approximate surface area is 97.6 Å². The van der Waals surface area contributed by atoms with E-state index in [1.165, 1.54) is 7.05 Å². The van der Waals surface area contributed by atoms with Crippen molar-refractivity contribution < 1.29 is 21.6 Å². The van der Waals surface area contributed by atoms with Crippen LogP contribution in [0.2, 0.25) is 0 Å². The molecule has 1 aromatic carbocycles. The summed E-state index contributed by atoms with van der Waals surface area (Å²) >= 11 is 0. The first-order valence-electron chi connectivity index (χ1n) is 4.74. The van der Waals surface area contributed by atoms with E-state index in [9.17, 15) is 21.6 Å². The summed E-state index contributed by atoms with van der Waals surface area (Å²) in [7, 11) is -1.96. The SMILES string of the molecule is CNC(CS(C)(=O)=O)c1cc(F)c(F)cc1F. The van der Waals surface area contributed by atoms with Gasteiger partial charge in [0.1, 0.15) is 15.7 Å². The second kappa shape index (κ2) is 5.05. The van der Waals surface area contributed by atoms with Gasteiger partial charge in [-0.05, 0) is 13.1 Å². The highest BCUT2D eigenvalue weighted by Crippen LogP contribution is 2.21. The topological polar surface area (TPSA) is 46.2 Å². The summed E-state index contributed by atoms with van der Waals surface area (Å²) in [6, 6.07) is 0.147. The van der Waals surface area contributed by atoms with Gasteiger partial charge >= 0.3 is 0 Å². The van der Waals surface area contributed by atoms with Gasteiger partial charge in [0, 0.05) is 23.9 Å². The molecule has 0 amide bonds. The maximum Gasteiger partial charge on any atom is 0.161 e. The van der Waals surface area contributed by atoms with Crippen molar-refractivity contribution in [1.29, 1.82) is 0 Å². The summed E-state index contributed by atoms with van der Waals surface area (Å²) in [6.45, 7) is 0. The van der Waals surface area contributed by atoms with Gasteiger partial charge in [-0.15, -0.1) is 0 Å². The highest BCUT2D eigenvalue weighted by atomic mass is 32.2. The van der Waals surface area contributed by atoms with Gasteiger partial charge in [0.25, 0.3) is 0 Å². The Balaban J connectivity index is 3.17. The molecule has 1 atom stereocenters. The lowest BCUT2D eigenvalue weighted by Crippen LogP contribution is -2.25. The number of halogens is 3. The van der Waals surface area contributed by atoms with E-state index < -0.39 is 39.1 Å². The van der Waals surface area contributed by atoms with Crippen LogP contribution in [0.5, 0.6) is 0 Å². The molecule has 96 valence electrons. The van der Waals surface area contributed by atoms with Gasteiger partial charge in [0.2, 0.25) is 0 Å². The van der Waals surface area contributed by atoms with E-state index in [4.69, 9.17) is 0 Å². The summed E-state index contributed by atoms with van der Waals surface area (Å²) in [5.41, 5.74) is -0.211. The van der Waals surface area contributed by atoms with Crippen molar-refractivity contribution in [3.8, 4) is 0 Å². The lowest BCUT2D eigenvalue weighted by molar-refractivity contribution is 0.480. The maximum absolute atomic E-state index is 13.4. The minimum Gasteiger partial charge on any atom is -0.312 e. The van der Waals surface area contributed by atoms with Gasteiger partial charge in [-0.1, -0.05) is 0 Å². The quantitative estimate of drug-likeness (QED) is 0.839. The van der Waals surface area contributed by atoms with Crippen molar-refractivity contribution in [3.05, 3.63) is 35.1 Å². The van der Waals surface area contributed by atoms with Crippen molar-refractivity contribution >= 4 is 9.84 Å². The van der Waals surface area contributed by atoms with E-state index in [1.807, 2.05) is 0 Å². The Morgan fingerprint density at radius 3 is 2.18 bits per heavy atom. The van der Waals surface area contributed by atoms with E-state index in [2.05, 4.69) is 5.32 Å². The van der Waals surface area contributed by atoms with Gasteiger partial charge in [0.15, 0.2) is 11.6 Å². The van der Waals surface area contributed by atoms with E-state index in [1.54, 1.807) is 0 Å². The highest BCUT2D eigenvalue weighted by molar-refractivity contribution is 7.90. The summed E-state index contributed by atoms with van der Waals surface area (Å²) in [4.78, 5) is 0. The maximum atomic E-state index is 13.4. The highest BCUT2D eigenvalue weighted by Gasteiger charge is 2.21. The van der Waals surface area contributed by atoms with Crippen molar-refractivity contribution in [3.63, 3.8) is 0 Å². The number of nitrogens with one attached hydrogen (secondary N) is 1. The molecule has 0 saturated heterocycles. The fraction of sp³-hybridized carbons (Fsp3) is 0.400. The predicted octanol–water partition coefficient (Wildman–Crippen LogP) is 1.41. The molecule has 1 rings (SSSR count). The minimum atomic E-state index is -3.37. The molecule has 0 spiro atoms. The molecule has 1 aromatic rings. The van der Waals surface area contributed by atoms with E-state index >= 15 is 0 Å². The second-order valence-corrected chi connectivity index (χ2v) is 5.91. The minimum absolute atomic E-state index is 0.211. The lowest BCUT2D eigenvalue weighted by Gasteiger charge is -2.16. The molecule has 0 aliphatic heterocycles. The van der Waals surface area contributed by atoms with Crippen LogP contribution in [0.25, 0.3) is 0 Å².